The third-order valence-electron chi connectivity index (χ3n) is 6.95. The molecule has 0 heterocycles. The van der Waals surface area contributed by atoms with Crippen molar-refractivity contribution in [1.29, 1.82) is 10.8 Å². The van der Waals surface area contributed by atoms with Crippen molar-refractivity contribution in [2.75, 3.05) is 45.0 Å². The summed E-state index contributed by atoms with van der Waals surface area (Å²) in [4.78, 5) is 12.1. The van der Waals surface area contributed by atoms with Gasteiger partial charge in [0.05, 0.1) is 56.2 Å². The van der Waals surface area contributed by atoms with Crippen molar-refractivity contribution in [3.63, 3.8) is 0 Å². The summed E-state index contributed by atoms with van der Waals surface area (Å²) in [7, 11) is -6.38. The van der Waals surface area contributed by atoms with E-state index in [2.05, 4.69) is 0 Å². The number of aliphatic hydroxyl groups excluding tert-OH is 2. The van der Waals surface area contributed by atoms with E-state index in [0.29, 0.717) is 30.1 Å². The van der Waals surface area contributed by atoms with Crippen LogP contribution in [-0.2, 0) is 20.2 Å². The molecule has 0 fully saturated rings. The Labute approximate surface area is 330 Å². The number of nitrogen functional groups attached to an aromatic ring is 2. The zero-order valence-corrected chi connectivity index (χ0v) is 32.6. The van der Waals surface area contributed by atoms with Crippen molar-refractivity contribution in [3.05, 3.63) is 113 Å². The summed E-state index contributed by atoms with van der Waals surface area (Å²) in [6, 6.07) is 25.0. The van der Waals surface area contributed by atoms with Gasteiger partial charge in [-0.05, 0) is 92.1 Å². The van der Waals surface area contributed by atoms with Crippen LogP contribution in [0.3, 0.4) is 0 Å². The third-order valence-corrected chi connectivity index (χ3v) is 8.35. The van der Waals surface area contributed by atoms with Gasteiger partial charge in [-0.2, -0.15) is 16.8 Å². The highest BCUT2D eigenvalue weighted by atomic mass is 32.2. The number of hydrogen-bond acceptors (Lipinski definition) is 14. The molecule has 18 nitrogen and oxygen atoms in total. The highest BCUT2D eigenvalue weighted by Gasteiger charge is 2.17. The van der Waals surface area contributed by atoms with E-state index in [4.69, 9.17) is 55.8 Å². The molecular formula is C37H48N4O14S2. The molecule has 20 heteroatoms. The number of carbonyl (C=O) groups is 1. The standard InChI is InChI=1S/C19H24N4O2.C14H12O4.2C2H6O4S/c20-18(21)14-4-8-16(9-5-14)24-12-2-1-3-13-25-17-10-6-15(7-11-17)19(22)23;1-18-9-6-7-11(13(16)8-9)14(17)10-4-2-3-5-12(10)15;2*3-1-2-7(4,5)6/h4-11H,1-3,12-13H2,(H3,20,21)(H3,22,23);2-8,15-16H,1H3;2*3H,1-2H2,(H,4,5,6). The Hall–Kier alpha value is -5.77. The number of carbonyl (C=O) groups excluding carboxylic acids is 1. The monoisotopic (exact) mass is 836 g/mol. The van der Waals surface area contributed by atoms with Crippen LogP contribution in [0, 0.1) is 10.8 Å². The van der Waals surface area contributed by atoms with Gasteiger partial charge in [0.1, 0.15) is 40.4 Å². The summed E-state index contributed by atoms with van der Waals surface area (Å²) in [5.41, 5.74) is 12.5. The second-order valence-electron chi connectivity index (χ2n) is 11.4. The second-order valence-corrected chi connectivity index (χ2v) is 14.5. The zero-order chi connectivity index (χ0) is 43.0. The van der Waals surface area contributed by atoms with Gasteiger partial charge in [0.2, 0.25) is 0 Å². The minimum atomic E-state index is -3.92. The lowest BCUT2D eigenvalue weighted by atomic mass is 10.0. The number of phenols is 2. The number of phenolic OH excluding ortho intramolecular Hbond substituents is 2. The molecule has 312 valence electrons. The molecule has 0 saturated heterocycles. The first-order valence-corrected chi connectivity index (χ1v) is 20.0. The summed E-state index contributed by atoms with van der Waals surface area (Å²) in [5, 5.41) is 49.8. The van der Waals surface area contributed by atoms with Crippen LogP contribution in [0.4, 0.5) is 0 Å². The molecular weight excluding hydrogens is 789 g/mol. The number of ether oxygens (including phenoxy) is 3. The normalized spacial score (nSPS) is 10.5. The SMILES string of the molecule is COc1ccc(C(=O)c2ccccc2O)c(O)c1.N=C(N)c1ccc(OCCCCCOc2ccc(C(=N)N)cc2)cc1.O=S(=O)(O)CCO.O=S(=O)(O)CCO. The summed E-state index contributed by atoms with van der Waals surface area (Å²) in [6.07, 6.45) is 2.90. The highest BCUT2D eigenvalue weighted by molar-refractivity contribution is 7.86. The Morgan fingerprint density at radius 3 is 1.35 bits per heavy atom. The summed E-state index contributed by atoms with van der Waals surface area (Å²) < 4.78 is 70.4. The van der Waals surface area contributed by atoms with E-state index >= 15 is 0 Å². The van der Waals surface area contributed by atoms with Gasteiger partial charge in [-0.15, -0.1) is 0 Å². The number of ketones is 1. The van der Waals surface area contributed by atoms with Crippen LogP contribution in [0.2, 0.25) is 0 Å². The maximum absolute atomic E-state index is 12.1. The van der Waals surface area contributed by atoms with Crippen LogP contribution in [0.5, 0.6) is 28.7 Å². The largest absolute Gasteiger partial charge is 0.507 e. The smallest absolute Gasteiger partial charge is 0.267 e. The number of methoxy groups -OCH3 is 1. The molecule has 0 aromatic heterocycles. The molecule has 0 bridgehead atoms. The molecule has 0 saturated carbocycles. The summed E-state index contributed by atoms with van der Waals surface area (Å²) in [6.45, 7) is 0.233. The topological polar surface area (TPSA) is 334 Å². The number of nitrogens with one attached hydrogen (secondary N) is 2. The van der Waals surface area contributed by atoms with Crippen LogP contribution in [-0.4, -0.2) is 109 Å². The average molecular weight is 837 g/mol. The predicted octanol–water partition coefficient (Wildman–Crippen LogP) is 2.95. The van der Waals surface area contributed by atoms with Gasteiger partial charge in [0.25, 0.3) is 20.2 Å². The van der Waals surface area contributed by atoms with Gasteiger partial charge in [0, 0.05) is 17.2 Å². The van der Waals surface area contributed by atoms with Crippen LogP contribution in [0.15, 0.2) is 91.0 Å². The van der Waals surface area contributed by atoms with Gasteiger partial charge in [-0.1, -0.05) is 12.1 Å². The zero-order valence-electron chi connectivity index (χ0n) is 30.9. The molecule has 4 aromatic carbocycles. The molecule has 0 aliphatic rings. The van der Waals surface area contributed by atoms with Crippen molar-refractivity contribution in [1.82, 2.24) is 0 Å². The molecule has 12 N–H and O–H groups in total. The Morgan fingerprint density at radius 1 is 0.614 bits per heavy atom. The number of hydrogen-bond donors (Lipinski definition) is 10. The Kier molecular flexibility index (Phi) is 21.9. The van der Waals surface area contributed by atoms with E-state index in [1.165, 1.54) is 31.4 Å². The van der Waals surface area contributed by atoms with E-state index in [-0.39, 0.29) is 34.3 Å². The average Bonchev–Trinajstić information content (AvgIpc) is 3.14. The number of para-hydroxylation sites is 1. The van der Waals surface area contributed by atoms with Crippen molar-refractivity contribution in [2.24, 2.45) is 11.5 Å². The quantitative estimate of drug-likeness (QED) is 0.0240. The summed E-state index contributed by atoms with van der Waals surface area (Å²) in [5.74, 6) is 0.262. The number of aromatic hydroxyl groups is 2. The molecule has 0 aliphatic heterocycles. The summed E-state index contributed by atoms with van der Waals surface area (Å²) >= 11 is 0. The molecule has 57 heavy (non-hydrogen) atoms. The van der Waals surface area contributed by atoms with Gasteiger partial charge in [0.15, 0.2) is 5.78 Å². The van der Waals surface area contributed by atoms with Crippen LogP contribution >= 0.6 is 0 Å². The molecule has 0 aliphatic carbocycles. The maximum atomic E-state index is 12.1. The van der Waals surface area contributed by atoms with Crippen molar-refractivity contribution in [2.45, 2.75) is 19.3 Å². The van der Waals surface area contributed by atoms with Crippen LogP contribution in [0.1, 0.15) is 46.3 Å². The third kappa shape index (κ3) is 21.2. The number of rotatable bonds is 17. The minimum absolute atomic E-state index is 0.0579. The van der Waals surface area contributed by atoms with Gasteiger partial charge in [-0.3, -0.25) is 24.7 Å². The predicted molar refractivity (Wildman–Crippen MR) is 213 cm³/mol. The first-order chi connectivity index (χ1) is 26.8. The van der Waals surface area contributed by atoms with Crippen molar-refractivity contribution >= 4 is 37.7 Å². The highest BCUT2D eigenvalue weighted by Crippen LogP contribution is 2.28. The van der Waals surface area contributed by atoms with E-state index in [9.17, 15) is 31.8 Å². The molecule has 0 unspecified atom stereocenters. The van der Waals surface area contributed by atoms with E-state index in [0.717, 1.165) is 30.8 Å². The fraction of sp³-hybridized carbons (Fsp3) is 0.270. The molecule has 4 rings (SSSR count). The fourth-order valence-corrected chi connectivity index (χ4v) is 4.56. The molecule has 0 amide bonds. The lowest BCUT2D eigenvalue weighted by Gasteiger charge is -2.08. The van der Waals surface area contributed by atoms with E-state index < -0.39 is 50.7 Å². The molecule has 0 atom stereocenters. The number of aliphatic hydroxyl groups is 2. The Balaban J connectivity index is 0.000000439. The van der Waals surface area contributed by atoms with Gasteiger partial charge < -0.3 is 46.1 Å². The minimum Gasteiger partial charge on any atom is -0.507 e. The Bertz CT molecular complexity index is 1980. The van der Waals surface area contributed by atoms with Crippen LogP contribution in [0.25, 0.3) is 0 Å². The first kappa shape index (κ1) is 49.2. The Morgan fingerprint density at radius 2 is 1.02 bits per heavy atom. The van der Waals surface area contributed by atoms with E-state index in [1.807, 2.05) is 24.3 Å². The fourth-order valence-electron chi connectivity index (χ4n) is 4.09. The number of benzene rings is 4. The van der Waals surface area contributed by atoms with Gasteiger partial charge in [-0.25, -0.2) is 0 Å². The number of unbranched alkanes of at least 4 members (excludes halogenated alkanes) is 2. The first-order valence-electron chi connectivity index (χ1n) is 16.8. The molecule has 0 spiro atoms. The van der Waals surface area contributed by atoms with Crippen molar-refractivity contribution in [3.8, 4) is 28.7 Å². The van der Waals surface area contributed by atoms with Crippen molar-refractivity contribution < 1.29 is 65.4 Å². The molecule has 0 radical (unpaired) electrons. The second kappa shape index (κ2) is 25.4. The van der Waals surface area contributed by atoms with E-state index in [1.54, 1.807) is 42.5 Å². The lowest BCUT2D eigenvalue weighted by Crippen LogP contribution is -2.10. The lowest BCUT2D eigenvalue weighted by molar-refractivity contribution is 0.103. The maximum Gasteiger partial charge on any atom is 0.267 e. The van der Waals surface area contributed by atoms with Crippen LogP contribution < -0.4 is 25.7 Å². The number of nitrogens with two attached hydrogens (primary N) is 2. The number of amidine groups is 2. The van der Waals surface area contributed by atoms with Gasteiger partial charge >= 0.3 is 0 Å². The molecule has 4 aromatic rings.